The molecule has 0 aliphatic carbocycles. The summed E-state index contributed by atoms with van der Waals surface area (Å²) in [6.45, 7) is 0.829. The number of benzene rings is 1. The predicted molar refractivity (Wildman–Crippen MR) is 72.9 cm³/mol. The molecule has 0 spiro atoms. The summed E-state index contributed by atoms with van der Waals surface area (Å²) < 4.78 is 5.04. The van der Waals surface area contributed by atoms with Crippen molar-refractivity contribution in [3.63, 3.8) is 0 Å². The van der Waals surface area contributed by atoms with Gasteiger partial charge in [-0.1, -0.05) is 0 Å². The molecule has 0 aliphatic heterocycles. The van der Waals surface area contributed by atoms with Gasteiger partial charge in [0.2, 0.25) is 0 Å². The van der Waals surface area contributed by atoms with Crippen LogP contribution in [0.25, 0.3) is 0 Å². The maximum atomic E-state index is 11.4. The van der Waals surface area contributed by atoms with E-state index in [1.807, 2.05) is 0 Å². The minimum absolute atomic E-state index is 0.0685. The van der Waals surface area contributed by atoms with Crippen LogP contribution >= 0.6 is 0 Å². The molecule has 0 radical (unpaired) electrons. The third-order valence-electron chi connectivity index (χ3n) is 2.48. The van der Waals surface area contributed by atoms with E-state index in [2.05, 4.69) is 10.6 Å². The zero-order valence-electron chi connectivity index (χ0n) is 11.1. The van der Waals surface area contributed by atoms with Crippen LogP contribution < -0.4 is 10.6 Å². The molecule has 0 unspecified atom stereocenters. The number of rotatable bonds is 8. The minimum Gasteiger partial charge on any atom is -0.394 e. The molecule has 0 saturated heterocycles. The Kier molecular flexibility index (Phi) is 6.41. The van der Waals surface area contributed by atoms with Crippen LogP contribution in [0.4, 0.5) is 11.4 Å². The zero-order chi connectivity index (χ0) is 15.0. The number of hydrogen-bond donors (Lipinski definition) is 3. The van der Waals surface area contributed by atoms with E-state index in [0.29, 0.717) is 18.8 Å². The number of anilines is 1. The van der Waals surface area contributed by atoms with Gasteiger partial charge in [-0.2, -0.15) is 0 Å². The number of nitro groups is 1. The van der Waals surface area contributed by atoms with Crippen LogP contribution in [0.2, 0.25) is 0 Å². The second-order valence-corrected chi connectivity index (χ2v) is 3.83. The number of aliphatic hydroxyl groups is 1. The summed E-state index contributed by atoms with van der Waals surface area (Å²) in [6, 6.07) is 4.20. The highest BCUT2D eigenvalue weighted by molar-refractivity contribution is 5.95. The van der Waals surface area contributed by atoms with Crippen LogP contribution in [0.15, 0.2) is 18.2 Å². The average molecular weight is 283 g/mol. The van der Waals surface area contributed by atoms with Gasteiger partial charge >= 0.3 is 0 Å². The molecule has 0 aromatic heterocycles. The van der Waals surface area contributed by atoms with Crippen molar-refractivity contribution in [1.82, 2.24) is 5.32 Å². The smallest absolute Gasteiger partial charge is 0.293 e. The van der Waals surface area contributed by atoms with Crippen LogP contribution in [0.1, 0.15) is 10.4 Å². The summed E-state index contributed by atoms with van der Waals surface area (Å²) >= 11 is 0. The normalized spacial score (nSPS) is 10.1. The van der Waals surface area contributed by atoms with E-state index in [4.69, 9.17) is 9.84 Å². The van der Waals surface area contributed by atoms with Gasteiger partial charge in [0, 0.05) is 25.2 Å². The Morgan fingerprint density at radius 1 is 1.45 bits per heavy atom. The van der Waals surface area contributed by atoms with Gasteiger partial charge in [-0.3, -0.25) is 14.9 Å². The first-order valence-corrected chi connectivity index (χ1v) is 6.03. The molecule has 8 nitrogen and oxygen atoms in total. The van der Waals surface area contributed by atoms with Crippen molar-refractivity contribution in [2.45, 2.75) is 0 Å². The number of aliphatic hydroxyl groups excluding tert-OH is 1. The summed E-state index contributed by atoms with van der Waals surface area (Å²) in [5.74, 6) is -0.383. The van der Waals surface area contributed by atoms with E-state index in [-0.39, 0.29) is 30.4 Å². The lowest BCUT2D eigenvalue weighted by Crippen LogP contribution is -2.18. The van der Waals surface area contributed by atoms with Crippen molar-refractivity contribution in [2.24, 2.45) is 0 Å². The summed E-state index contributed by atoms with van der Waals surface area (Å²) in [6.07, 6.45) is 0. The molecule has 8 heteroatoms. The maximum absolute atomic E-state index is 11.4. The molecule has 110 valence electrons. The lowest BCUT2D eigenvalue weighted by molar-refractivity contribution is -0.384. The number of amides is 1. The highest BCUT2D eigenvalue weighted by atomic mass is 16.6. The van der Waals surface area contributed by atoms with Crippen LogP contribution in [-0.2, 0) is 4.74 Å². The molecule has 1 aromatic carbocycles. The molecule has 0 heterocycles. The average Bonchev–Trinajstić information content (AvgIpc) is 2.46. The molecule has 1 aromatic rings. The second-order valence-electron chi connectivity index (χ2n) is 3.83. The Morgan fingerprint density at radius 2 is 2.20 bits per heavy atom. The molecule has 0 atom stereocenters. The Balaban J connectivity index is 2.75. The Labute approximate surface area is 115 Å². The maximum Gasteiger partial charge on any atom is 0.293 e. The molecule has 20 heavy (non-hydrogen) atoms. The van der Waals surface area contributed by atoms with E-state index in [1.165, 1.54) is 25.2 Å². The number of nitro benzene ring substituents is 1. The summed E-state index contributed by atoms with van der Waals surface area (Å²) in [7, 11) is 1.46. The predicted octanol–water partition coefficient (Wildman–Crippen LogP) is 0.375. The number of carbonyl (C=O) groups excluding carboxylic acids is 1. The van der Waals surface area contributed by atoms with Gasteiger partial charge in [-0.25, -0.2) is 0 Å². The van der Waals surface area contributed by atoms with Crippen molar-refractivity contribution in [1.29, 1.82) is 0 Å². The monoisotopic (exact) mass is 283 g/mol. The van der Waals surface area contributed by atoms with Gasteiger partial charge in [0.05, 0.1) is 24.7 Å². The van der Waals surface area contributed by atoms with E-state index in [1.54, 1.807) is 0 Å². The summed E-state index contributed by atoms with van der Waals surface area (Å²) in [5, 5.41) is 24.8. The molecule has 0 saturated carbocycles. The van der Waals surface area contributed by atoms with E-state index >= 15 is 0 Å². The SMILES string of the molecule is CNC(=O)c1ccc(NCCOCCO)c([N+](=O)[O-])c1. The van der Waals surface area contributed by atoms with Crippen molar-refractivity contribution in [3.8, 4) is 0 Å². The fourth-order valence-electron chi connectivity index (χ4n) is 1.54. The van der Waals surface area contributed by atoms with Crippen molar-refractivity contribution in [3.05, 3.63) is 33.9 Å². The number of nitrogens with zero attached hydrogens (tertiary/aromatic N) is 1. The standard InChI is InChI=1S/C12H17N3O5/c1-13-12(17)9-2-3-10(11(8-9)15(18)19)14-4-6-20-7-5-16/h2-3,8,14,16H,4-7H2,1H3,(H,13,17). The molecule has 0 fully saturated rings. The molecule has 0 bridgehead atoms. The first kappa shape index (κ1) is 15.9. The number of hydrogen-bond acceptors (Lipinski definition) is 6. The van der Waals surface area contributed by atoms with E-state index in [9.17, 15) is 14.9 Å². The third-order valence-corrected chi connectivity index (χ3v) is 2.48. The van der Waals surface area contributed by atoms with Crippen LogP contribution in [0, 0.1) is 10.1 Å². The highest BCUT2D eigenvalue weighted by Crippen LogP contribution is 2.25. The molecule has 1 amide bonds. The van der Waals surface area contributed by atoms with Gasteiger partial charge in [-0.15, -0.1) is 0 Å². The van der Waals surface area contributed by atoms with Crippen molar-refractivity contribution >= 4 is 17.3 Å². The lowest BCUT2D eigenvalue weighted by atomic mass is 10.1. The fraction of sp³-hybridized carbons (Fsp3) is 0.417. The van der Waals surface area contributed by atoms with E-state index in [0.717, 1.165) is 0 Å². The number of ether oxygens (including phenoxy) is 1. The molecule has 0 aliphatic rings. The van der Waals surface area contributed by atoms with E-state index < -0.39 is 4.92 Å². The third kappa shape index (κ3) is 4.48. The summed E-state index contributed by atoms with van der Waals surface area (Å²) in [5.41, 5.74) is 0.366. The topological polar surface area (TPSA) is 114 Å². The van der Waals surface area contributed by atoms with Gasteiger partial charge in [0.25, 0.3) is 11.6 Å². The van der Waals surface area contributed by atoms with Crippen LogP contribution in [0.3, 0.4) is 0 Å². The Bertz CT molecular complexity index is 478. The van der Waals surface area contributed by atoms with Gasteiger partial charge in [0.15, 0.2) is 0 Å². The molecular formula is C12H17N3O5. The fourth-order valence-corrected chi connectivity index (χ4v) is 1.54. The van der Waals surface area contributed by atoms with Gasteiger partial charge < -0.3 is 20.5 Å². The van der Waals surface area contributed by atoms with Gasteiger partial charge in [-0.05, 0) is 12.1 Å². The first-order valence-electron chi connectivity index (χ1n) is 6.03. The highest BCUT2D eigenvalue weighted by Gasteiger charge is 2.16. The molecule has 1 rings (SSSR count). The molecular weight excluding hydrogens is 266 g/mol. The van der Waals surface area contributed by atoms with Crippen molar-refractivity contribution in [2.75, 3.05) is 38.7 Å². The second kappa shape index (κ2) is 8.08. The number of carbonyl (C=O) groups is 1. The Hall–Kier alpha value is -2.19. The van der Waals surface area contributed by atoms with Crippen molar-refractivity contribution < 1.29 is 19.6 Å². The van der Waals surface area contributed by atoms with Crippen LogP contribution in [-0.4, -0.2) is 49.4 Å². The number of nitrogens with one attached hydrogen (secondary N) is 2. The minimum atomic E-state index is -0.552. The Morgan fingerprint density at radius 3 is 2.80 bits per heavy atom. The summed E-state index contributed by atoms with van der Waals surface area (Å²) in [4.78, 5) is 21.9. The van der Waals surface area contributed by atoms with Crippen LogP contribution in [0.5, 0.6) is 0 Å². The largest absolute Gasteiger partial charge is 0.394 e. The molecule has 3 N–H and O–H groups in total. The lowest BCUT2D eigenvalue weighted by Gasteiger charge is -2.08. The first-order chi connectivity index (χ1) is 9.60. The van der Waals surface area contributed by atoms with Gasteiger partial charge in [0.1, 0.15) is 5.69 Å². The quantitative estimate of drug-likeness (QED) is 0.361. The zero-order valence-corrected chi connectivity index (χ0v) is 11.1.